The van der Waals surface area contributed by atoms with Crippen LogP contribution in [0.1, 0.15) is 109 Å². The molecular weight excluding hydrogens is 640 g/mol. The Morgan fingerprint density at radius 1 is 0.529 bits per heavy atom. The van der Waals surface area contributed by atoms with Gasteiger partial charge >= 0.3 is 5.97 Å². The molecule has 0 fully saturated rings. The average molecular weight is 685 g/mol. The highest BCUT2D eigenvalue weighted by molar-refractivity contribution is 6.34. The molecule has 51 heavy (non-hydrogen) atoms. The van der Waals surface area contributed by atoms with Gasteiger partial charge in [0.25, 0.3) is 23.6 Å². The number of hydrogen-bond donors (Lipinski definition) is 0. The lowest BCUT2D eigenvalue weighted by Crippen LogP contribution is -2.29. The van der Waals surface area contributed by atoms with Crippen molar-refractivity contribution in [3.8, 4) is 5.75 Å². The normalized spacial score (nSPS) is 12.6. The molecule has 0 N–H and O–H groups in total. The predicted molar refractivity (Wildman–Crippen MR) is 202 cm³/mol. The van der Waals surface area contributed by atoms with E-state index >= 15 is 0 Å². The Morgan fingerprint density at radius 3 is 1.53 bits per heavy atom. The summed E-state index contributed by atoms with van der Waals surface area (Å²) in [5.74, 6) is -2.63. The smallest absolute Gasteiger partial charge is 0.343 e. The Labute approximate surface area is 300 Å². The fraction of sp³-hybridized carbons (Fsp3) is 0.186. The monoisotopic (exact) mass is 684 g/mol. The number of anilines is 1. The molecular formula is C43H44N2O6. The van der Waals surface area contributed by atoms with Crippen molar-refractivity contribution >= 4 is 35.3 Å². The standard InChI is InChI=1S/C39H28N2O6.4CH4/c1-23-3-5-24(6-4-23)19-25-7-9-26(10-8-25)20-27-11-14-29(15-12-27)41-37(44)32-17-13-28(21-33(32)38(41)45)39(46)47-30-16-18-31-34(22-30)36(43)40(2)35(31)42;;;;/h3-18,21-22H,19-20H2,1-2H3;4*1H4. The number of imide groups is 2. The van der Waals surface area contributed by atoms with Gasteiger partial charge in [0.2, 0.25) is 0 Å². The predicted octanol–water partition coefficient (Wildman–Crippen LogP) is 8.97. The van der Waals surface area contributed by atoms with Gasteiger partial charge in [0, 0.05) is 7.05 Å². The van der Waals surface area contributed by atoms with E-state index in [1.165, 1.54) is 60.1 Å². The third-order valence-electron chi connectivity index (χ3n) is 8.55. The van der Waals surface area contributed by atoms with Gasteiger partial charge in [-0.05, 0) is 90.6 Å². The number of fused-ring (bicyclic) bond motifs is 2. The molecule has 0 spiro atoms. The number of ether oxygens (including phenoxy) is 1. The Hall–Kier alpha value is -6.15. The van der Waals surface area contributed by atoms with Gasteiger partial charge in [-0.2, -0.15) is 0 Å². The zero-order valence-corrected chi connectivity index (χ0v) is 25.7. The Kier molecular flexibility index (Phi) is 12.0. The molecule has 2 aliphatic heterocycles. The maximum atomic E-state index is 13.4. The second-order valence-electron chi connectivity index (χ2n) is 11.8. The summed E-state index contributed by atoms with van der Waals surface area (Å²) in [6.07, 6.45) is 1.57. The first-order valence-electron chi connectivity index (χ1n) is 15.1. The summed E-state index contributed by atoms with van der Waals surface area (Å²) in [4.78, 5) is 66.2. The van der Waals surface area contributed by atoms with E-state index in [-0.39, 0.29) is 63.3 Å². The van der Waals surface area contributed by atoms with Crippen LogP contribution in [-0.4, -0.2) is 41.5 Å². The summed E-state index contributed by atoms with van der Waals surface area (Å²) in [7, 11) is 1.38. The molecule has 0 unspecified atom stereocenters. The van der Waals surface area contributed by atoms with E-state index in [1.807, 2.05) is 12.1 Å². The summed E-state index contributed by atoms with van der Waals surface area (Å²) in [6, 6.07) is 32.7. The van der Waals surface area contributed by atoms with E-state index in [0.29, 0.717) is 12.1 Å². The van der Waals surface area contributed by atoms with Crippen molar-refractivity contribution in [3.63, 3.8) is 0 Å². The van der Waals surface area contributed by atoms with Gasteiger partial charge < -0.3 is 4.74 Å². The van der Waals surface area contributed by atoms with Gasteiger partial charge in [0.05, 0.1) is 33.5 Å². The lowest BCUT2D eigenvalue weighted by Gasteiger charge is -2.14. The fourth-order valence-corrected chi connectivity index (χ4v) is 5.89. The van der Waals surface area contributed by atoms with Crippen molar-refractivity contribution in [2.24, 2.45) is 0 Å². The number of hydrogen-bond acceptors (Lipinski definition) is 6. The molecule has 8 heteroatoms. The first kappa shape index (κ1) is 39.3. The fourth-order valence-electron chi connectivity index (χ4n) is 5.89. The lowest BCUT2D eigenvalue weighted by atomic mass is 10.00. The molecule has 0 saturated heterocycles. The zero-order valence-electron chi connectivity index (χ0n) is 25.7. The minimum absolute atomic E-state index is 0. The highest BCUT2D eigenvalue weighted by atomic mass is 16.5. The SMILES string of the molecule is C.C.C.C.Cc1ccc(Cc2ccc(Cc3ccc(N4C(=O)c5ccc(C(=O)Oc6ccc7c(c6)C(=O)N(C)C7=O)cc5C4=O)cc3)cc2)cc1. The number of carbonyl (C=O) groups excluding carboxylic acids is 5. The summed E-state index contributed by atoms with van der Waals surface area (Å²) in [5, 5.41) is 0. The molecule has 5 aromatic rings. The van der Waals surface area contributed by atoms with E-state index in [0.717, 1.165) is 27.3 Å². The van der Waals surface area contributed by atoms with Crippen LogP contribution in [0, 0.1) is 6.92 Å². The maximum Gasteiger partial charge on any atom is 0.343 e. The van der Waals surface area contributed by atoms with E-state index in [1.54, 1.807) is 12.1 Å². The van der Waals surface area contributed by atoms with E-state index in [4.69, 9.17) is 4.74 Å². The number of amides is 4. The number of carbonyl (C=O) groups is 5. The minimum atomic E-state index is -0.774. The highest BCUT2D eigenvalue weighted by Crippen LogP contribution is 2.31. The minimum Gasteiger partial charge on any atom is -0.423 e. The summed E-state index contributed by atoms with van der Waals surface area (Å²) in [5.41, 5.74) is 7.08. The van der Waals surface area contributed by atoms with E-state index in [9.17, 15) is 24.0 Å². The molecule has 0 aromatic heterocycles. The number of esters is 1. The van der Waals surface area contributed by atoms with Crippen LogP contribution in [0.3, 0.4) is 0 Å². The molecule has 0 bridgehead atoms. The van der Waals surface area contributed by atoms with Crippen molar-refractivity contribution in [2.75, 3.05) is 11.9 Å². The summed E-state index contributed by atoms with van der Waals surface area (Å²) < 4.78 is 5.45. The number of rotatable bonds is 7. The third kappa shape index (κ3) is 7.40. The van der Waals surface area contributed by atoms with Crippen LogP contribution in [0.4, 0.5) is 5.69 Å². The molecule has 0 atom stereocenters. The van der Waals surface area contributed by atoms with Gasteiger partial charge in [-0.15, -0.1) is 0 Å². The van der Waals surface area contributed by atoms with E-state index in [2.05, 4.69) is 55.5 Å². The van der Waals surface area contributed by atoms with Crippen LogP contribution >= 0.6 is 0 Å². The lowest BCUT2D eigenvalue weighted by molar-refractivity contribution is 0.0687. The molecule has 0 aliphatic carbocycles. The summed E-state index contributed by atoms with van der Waals surface area (Å²) >= 11 is 0. The van der Waals surface area contributed by atoms with Crippen LogP contribution < -0.4 is 9.64 Å². The van der Waals surface area contributed by atoms with Crippen LogP contribution in [0.5, 0.6) is 5.75 Å². The van der Waals surface area contributed by atoms with Crippen LogP contribution in [0.25, 0.3) is 0 Å². The molecule has 2 heterocycles. The van der Waals surface area contributed by atoms with E-state index < -0.39 is 29.6 Å². The van der Waals surface area contributed by atoms with Crippen LogP contribution in [0.2, 0.25) is 0 Å². The Bertz CT molecular complexity index is 2120. The molecule has 4 amide bonds. The van der Waals surface area contributed by atoms with Crippen LogP contribution in [-0.2, 0) is 12.8 Å². The molecule has 0 saturated carbocycles. The molecule has 262 valence electrons. The second-order valence-corrected chi connectivity index (χ2v) is 11.8. The average Bonchev–Trinajstić information content (AvgIpc) is 3.46. The Balaban J connectivity index is 0.00000176. The van der Waals surface area contributed by atoms with Crippen molar-refractivity contribution in [2.45, 2.75) is 49.5 Å². The molecule has 7 rings (SSSR count). The number of nitrogens with zero attached hydrogens (tertiary/aromatic N) is 2. The topological polar surface area (TPSA) is 101 Å². The van der Waals surface area contributed by atoms with Gasteiger partial charge in [-0.3, -0.25) is 24.1 Å². The molecule has 8 nitrogen and oxygen atoms in total. The second kappa shape index (κ2) is 15.6. The number of aryl methyl sites for hydroxylation is 1. The summed E-state index contributed by atoms with van der Waals surface area (Å²) in [6.45, 7) is 2.08. The molecule has 2 aliphatic rings. The quantitative estimate of drug-likeness (QED) is 0.0964. The molecule has 5 aromatic carbocycles. The highest BCUT2D eigenvalue weighted by Gasteiger charge is 2.37. The first-order valence-corrected chi connectivity index (χ1v) is 15.1. The maximum absolute atomic E-state index is 13.4. The van der Waals surface area contributed by atoms with Gasteiger partial charge in [0.1, 0.15) is 5.75 Å². The molecule has 0 radical (unpaired) electrons. The van der Waals surface area contributed by atoms with Crippen LogP contribution in [0.15, 0.2) is 109 Å². The van der Waals surface area contributed by atoms with Crippen molar-refractivity contribution in [3.05, 3.63) is 165 Å². The Morgan fingerprint density at radius 2 is 0.961 bits per heavy atom. The third-order valence-corrected chi connectivity index (χ3v) is 8.55. The van der Waals surface area contributed by atoms with Crippen molar-refractivity contribution < 1.29 is 28.7 Å². The first-order chi connectivity index (χ1) is 22.7. The van der Waals surface area contributed by atoms with Gasteiger partial charge in [-0.1, -0.05) is 95.9 Å². The largest absolute Gasteiger partial charge is 0.423 e. The van der Waals surface area contributed by atoms with Crippen molar-refractivity contribution in [1.82, 2.24) is 4.90 Å². The van der Waals surface area contributed by atoms with Gasteiger partial charge in [0.15, 0.2) is 0 Å². The van der Waals surface area contributed by atoms with Crippen molar-refractivity contribution in [1.29, 1.82) is 0 Å². The van der Waals surface area contributed by atoms with Gasteiger partial charge in [-0.25, -0.2) is 9.69 Å². The number of benzene rings is 5. The zero-order chi connectivity index (χ0) is 32.8.